The van der Waals surface area contributed by atoms with Crippen LogP contribution in [0, 0.1) is 0 Å². The molecule has 0 spiro atoms. The van der Waals surface area contributed by atoms with Gasteiger partial charge in [0.25, 0.3) is 5.24 Å². The van der Waals surface area contributed by atoms with Crippen LogP contribution in [0.4, 0.5) is 4.79 Å². The third kappa shape index (κ3) is 3.39. The summed E-state index contributed by atoms with van der Waals surface area (Å²) in [6.07, 6.45) is 3.20. The van der Waals surface area contributed by atoms with E-state index < -0.39 is 5.76 Å². The van der Waals surface area contributed by atoms with Crippen LogP contribution in [0.2, 0.25) is 0 Å². The van der Waals surface area contributed by atoms with E-state index in [-0.39, 0.29) is 41.4 Å². The molecule has 8 nitrogen and oxygen atoms in total. The van der Waals surface area contributed by atoms with Gasteiger partial charge in [0.1, 0.15) is 6.54 Å². The minimum atomic E-state index is -0.590. The van der Waals surface area contributed by atoms with E-state index in [9.17, 15) is 19.2 Å². The lowest BCUT2D eigenvalue weighted by atomic mass is 9.89. The molecule has 1 saturated carbocycles. The standard InChI is InChI=1S/C18H19N3O5S/c22-15(9-20-13-7-3-4-8-14(13)26-17(20)24)19-11-5-1-2-6-12(11)21-16(23)10-27-18(21)25/h3-4,7-8,11-12H,1-2,5-6,9-10H2,(H,19,22). The van der Waals surface area contributed by atoms with Gasteiger partial charge in [-0.05, 0) is 25.0 Å². The Morgan fingerprint density at radius 1 is 1.19 bits per heavy atom. The number of nitrogens with one attached hydrogen (secondary N) is 1. The zero-order valence-corrected chi connectivity index (χ0v) is 15.4. The minimum Gasteiger partial charge on any atom is -0.408 e. The van der Waals surface area contributed by atoms with Crippen molar-refractivity contribution >= 4 is 39.9 Å². The number of oxazole rings is 1. The van der Waals surface area contributed by atoms with Crippen LogP contribution in [0.5, 0.6) is 0 Å². The molecule has 142 valence electrons. The summed E-state index contributed by atoms with van der Waals surface area (Å²) >= 11 is 1.00. The van der Waals surface area contributed by atoms with Crippen LogP contribution in [0.3, 0.4) is 0 Å². The molecule has 4 rings (SSSR count). The first-order valence-electron chi connectivity index (χ1n) is 8.91. The molecule has 1 aromatic carbocycles. The van der Waals surface area contributed by atoms with E-state index in [1.807, 2.05) is 0 Å². The number of aromatic nitrogens is 1. The fraction of sp³-hybridized carbons (Fsp3) is 0.444. The van der Waals surface area contributed by atoms with E-state index in [0.717, 1.165) is 24.6 Å². The Balaban J connectivity index is 1.50. The molecular weight excluding hydrogens is 370 g/mol. The van der Waals surface area contributed by atoms with Crippen molar-refractivity contribution < 1.29 is 18.8 Å². The van der Waals surface area contributed by atoms with Gasteiger partial charge in [0.2, 0.25) is 11.8 Å². The molecule has 1 aliphatic heterocycles. The fourth-order valence-electron chi connectivity index (χ4n) is 3.83. The summed E-state index contributed by atoms with van der Waals surface area (Å²) in [6.45, 7) is -0.171. The summed E-state index contributed by atoms with van der Waals surface area (Å²) in [5.74, 6) is -0.972. The number of imide groups is 1. The molecule has 9 heteroatoms. The summed E-state index contributed by atoms with van der Waals surface area (Å²) in [5, 5.41) is 2.67. The van der Waals surface area contributed by atoms with Crippen molar-refractivity contribution in [3.63, 3.8) is 0 Å². The van der Waals surface area contributed by atoms with Crippen LogP contribution in [0.15, 0.2) is 33.5 Å². The Kier molecular flexibility index (Phi) is 4.77. The second-order valence-corrected chi connectivity index (χ2v) is 7.69. The Hall–Kier alpha value is -2.55. The predicted octanol–water partition coefficient (Wildman–Crippen LogP) is 1.72. The second-order valence-electron chi connectivity index (χ2n) is 6.77. The zero-order valence-electron chi connectivity index (χ0n) is 14.6. The summed E-state index contributed by atoms with van der Waals surface area (Å²) < 4.78 is 6.43. The van der Waals surface area contributed by atoms with Gasteiger partial charge in [-0.15, -0.1) is 0 Å². The highest BCUT2D eigenvalue weighted by Crippen LogP contribution is 2.30. The number of amides is 3. The topological polar surface area (TPSA) is 102 Å². The number of carbonyl (C=O) groups excluding carboxylic acids is 3. The molecule has 2 atom stereocenters. The normalized spacial score (nSPS) is 23.2. The molecule has 1 aromatic heterocycles. The number of hydrogen-bond acceptors (Lipinski definition) is 6. The first kappa shape index (κ1) is 17.8. The minimum absolute atomic E-state index is 0.159. The third-order valence-corrected chi connectivity index (χ3v) is 5.90. The number of thioether (sulfide) groups is 1. The van der Waals surface area contributed by atoms with E-state index in [1.165, 1.54) is 9.47 Å². The fourth-order valence-corrected chi connectivity index (χ4v) is 4.60. The smallest absolute Gasteiger partial charge is 0.408 e. The molecule has 0 radical (unpaired) electrons. The number of para-hydroxylation sites is 2. The van der Waals surface area contributed by atoms with Crippen molar-refractivity contribution in [3.05, 3.63) is 34.8 Å². The van der Waals surface area contributed by atoms with Gasteiger partial charge in [0.15, 0.2) is 5.58 Å². The molecule has 1 saturated heterocycles. The maximum Gasteiger partial charge on any atom is 0.420 e. The van der Waals surface area contributed by atoms with Gasteiger partial charge < -0.3 is 9.73 Å². The average Bonchev–Trinajstić information content (AvgIpc) is 3.15. The van der Waals surface area contributed by atoms with Crippen molar-refractivity contribution in [2.24, 2.45) is 0 Å². The largest absolute Gasteiger partial charge is 0.420 e. The maximum absolute atomic E-state index is 12.6. The molecular formula is C18H19N3O5S. The molecule has 2 fully saturated rings. The number of hydrogen-bond donors (Lipinski definition) is 1. The summed E-state index contributed by atoms with van der Waals surface area (Å²) in [5.41, 5.74) is 0.982. The highest BCUT2D eigenvalue weighted by Gasteiger charge is 2.41. The van der Waals surface area contributed by atoms with Crippen molar-refractivity contribution in [1.29, 1.82) is 0 Å². The highest BCUT2D eigenvalue weighted by molar-refractivity contribution is 8.14. The molecule has 2 unspecified atom stereocenters. The Labute approximate surface area is 158 Å². The lowest BCUT2D eigenvalue weighted by molar-refractivity contribution is -0.129. The first-order chi connectivity index (χ1) is 13.0. The first-order valence-corrected chi connectivity index (χ1v) is 9.89. The molecule has 3 amide bonds. The quantitative estimate of drug-likeness (QED) is 0.854. The third-order valence-electron chi connectivity index (χ3n) is 5.07. The zero-order chi connectivity index (χ0) is 19.0. The number of fused-ring (bicyclic) bond motifs is 1. The SMILES string of the molecule is O=C(Cn1c(=O)oc2ccccc21)NC1CCCCC1N1C(=O)CSC1=O. The predicted molar refractivity (Wildman–Crippen MR) is 99.4 cm³/mol. The van der Waals surface area contributed by atoms with Gasteiger partial charge in [-0.1, -0.05) is 36.7 Å². The van der Waals surface area contributed by atoms with Gasteiger partial charge >= 0.3 is 5.76 Å². The molecule has 27 heavy (non-hydrogen) atoms. The van der Waals surface area contributed by atoms with E-state index in [4.69, 9.17) is 4.42 Å². The van der Waals surface area contributed by atoms with Crippen LogP contribution in [0.1, 0.15) is 25.7 Å². The maximum atomic E-state index is 12.6. The van der Waals surface area contributed by atoms with Crippen LogP contribution in [0.25, 0.3) is 11.1 Å². The second kappa shape index (κ2) is 7.22. The lowest BCUT2D eigenvalue weighted by Crippen LogP contribution is -2.55. The molecule has 2 aromatic rings. The number of carbonyl (C=O) groups is 3. The van der Waals surface area contributed by atoms with E-state index in [0.29, 0.717) is 23.9 Å². The average molecular weight is 389 g/mol. The van der Waals surface area contributed by atoms with Crippen molar-refractivity contribution in [1.82, 2.24) is 14.8 Å². The molecule has 0 bridgehead atoms. The van der Waals surface area contributed by atoms with Crippen LogP contribution >= 0.6 is 11.8 Å². The summed E-state index contributed by atoms with van der Waals surface area (Å²) in [4.78, 5) is 50.1. The molecule has 1 aliphatic carbocycles. The Bertz CT molecular complexity index is 949. The number of rotatable bonds is 4. The monoisotopic (exact) mass is 389 g/mol. The van der Waals surface area contributed by atoms with Crippen molar-refractivity contribution in [3.8, 4) is 0 Å². The van der Waals surface area contributed by atoms with E-state index >= 15 is 0 Å². The number of nitrogens with zero attached hydrogens (tertiary/aromatic N) is 2. The summed E-state index contributed by atoms with van der Waals surface area (Å²) in [7, 11) is 0. The van der Waals surface area contributed by atoms with Gasteiger partial charge in [-0.2, -0.15) is 0 Å². The van der Waals surface area contributed by atoms with Gasteiger partial charge in [-0.3, -0.25) is 23.9 Å². The molecule has 2 aliphatic rings. The highest BCUT2D eigenvalue weighted by atomic mass is 32.2. The lowest BCUT2D eigenvalue weighted by Gasteiger charge is -2.36. The Morgan fingerprint density at radius 2 is 1.96 bits per heavy atom. The van der Waals surface area contributed by atoms with Crippen molar-refractivity contribution in [2.45, 2.75) is 44.3 Å². The van der Waals surface area contributed by atoms with Crippen LogP contribution < -0.4 is 11.1 Å². The molecule has 1 N–H and O–H groups in total. The molecule has 2 heterocycles. The summed E-state index contributed by atoms with van der Waals surface area (Å²) in [6, 6.07) is 6.29. The van der Waals surface area contributed by atoms with Gasteiger partial charge in [0.05, 0.1) is 17.3 Å². The Morgan fingerprint density at radius 3 is 2.74 bits per heavy atom. The van der Waals surface area contributed by atoms with Gasteiger partial charge in [-0.25, -0.2) is 4.79 Å². The van der Waals surface area contributed by atoms with E-state index in [2.05, 4.69) is 5.32 Å². The van der Waals surface area contributed by atoms with Crippen LogP contribution in [-0.4, -0.2) is 44.4 Å². The van der Waals surface area contributed by atoms with E-state index in [1.54, 1.807) is 24.3 Å². The van der Waals surface area contributed by atoms with Crippen molar-refractivity contribution in [2.75, 3.05) is 5.75 Å². The van der Waals surface area contributed by atoms with Gasteiger partial charge in [0, 0.05) is 6.04 Å². The van der Waals surface area contributed by atoms with Crippen LogP contribution in [-0.2, 0) is 16.1 Å². The number of benzene rings is 1.